The topological polar surface area (TPSA) is 55.1 Å². The van der Waals surface area contributed by atoms with Gasteiger partial charge in [0.2, 0.25) is 5.95 Å². The SMILES string of the molecule is Cc1nc(N[C@@H](C)c2ccccc2Cl)n2ncc(C(C)C)c2n1. The Bertz CT molecular complexity index is 840. The van der Waals surface area contributed by atoms with Crippen molar-refractivity contribution in [2.75, 3.05) is 5.32 Å². The number of fused-ring (bicyclic) bond motifs is 1. The maximum atomic E-state index is 6.29. The molecule has 3 aromatic rings. The monoisotopic (exact) mass is 329 g/mol. The van der Waals surface area contributed by atoms with Crippen LogP contribution in [0, 0.1) is 6.92 Å². The van der Waals surface area contributed by atoms with E-state index in [0.29, 0.717) is 17.7 Å². The zero-order chi connectivity index (χ0) is 16.6. The summed E-state index contributed by atoms with van der Waals surface area (Å²) in [6, 6.07) is 7.81. The highest BCUT2D eigenvalue weighted by molar-refractivity contribution is 6.31. The zero-order valence-corrected chi connectivity index (χ0v) is 14.5. The van der Waals surface area contributed by atoms with Gasteiger partial charge in [-0.1, -0.05) is 43.6 Å². The molecule has 0 spiro atoms. The van der Waals surface area contributed by atoms with Gasteiger partial charge in [0, 0.05) is 10.6 Å². The summed E-state index contributed by atoms with van der Waals surface area (Å²) in [7, 11) is 0. The minimum atomic E-state index is 0.00731. The highest BCUT2D eigenvalue weighted by Crippen LogP contribution is 2.26. The normalized spacial score (nSPS) is 12.8. The Morgan fingerprint density at radius 3 is 2.52 bits per heavy atom. The molecular formula is C17H20ClN5. The van der Waals surface area contributed by atoms with Gasteiger partial charge in [-0.15, -0.1) is 0 Å². The molecule has 0 bridgehead atoms. The third-order valence-corrected chi connectivity index (χ3v) is 4.19. The lowest BCUT2D eigenvalue weighted by atomic mass is 10.1. The first-order valence-corrected chi connectivity index (χ1v) is 8.08. The molecule has 0 aliphatic heterocycles. The summed E-state index contributed by atoms with van der Waals surface area (Å²) in [5, 5.41) is 8.58. The number of nitrogens with zero attached hydrogens (tertiary/aromatic N) is 4. The minimum Gasteiger partial charge on any atom is -0.347 e. The number of rotatable bonds is 4. The van der Waals surface area contributed by atoms with Gasteiger partial charge in [0.15, 0.2) is 5.65 Å². The van der Waals surface area contributed by atoms with Crippen LogP contribution < -0.4 is 5.32 Å². The summed E-state index contributed by atoms with van der Waals surface area (Å²) in [6.45, 7) is 8.21. The molecule has 120 valence electrons. The Morgan fingerprint density at radius 1 is 1.09 bits per heavy atom. The summed E-state index contributed by atoms with van der Waals surface area (Å²) in [5.41, 5.74) is 2.99. The molecule has 0 amide bonds. The van der Waals surface area contributed by atoms with Crippen LogP contribution in [0.1, 0.15) is 49.7 Å². The van der Waals surface area contributed by atoms with Gasteiger partial charge in [0.05, 0.1) is 12.2 Å². The molecule has 0 saturated heterocycles. The van der Waals surface area contributed by atoms with Crippen LogP contribution in [0.25, 0.3) is 5.65 Å². The van der Waals surface area contributed by atoms with Crippen LogP contribution in [0.5, 0.6) is 0 Å². The van der Waals surface area contributed by atoms with E-state index in [1.165, 1.54) is 0 Å². The van der Waals surface area contributed by atoms with Crippen molar-refractivity contribution in [1.82, 2.24) is 19.6 Å². The molecule has 6 heteroatoms. The van der Waals surface area contributed by atoms with Gasteiger partial charge in [-0.3, -0.25) is 0 Å². The van der Waals surface area contributed by atoms with Crippen LogP contribution in [0.3, 0.4) is 0 Å². The van der Waals surface area contributed by atoms with Crippen molar-refractivity contribution in [1.29, 1.82) is 0 Å². The molecule has 1 N–H and O–H groups in total. The molecular weight excluding hydrogens is 310 g/mol. The summed E-state index contributed by atoms with van der Waals surface area (Å²) in [5.74, 6) is 1.75. The van der Waals surface area contributed by atoms with Crippen LogP contribution in [-0.4, -0.2) is 19.6 Å². The number of nitrogens with one attached hydrogen (secondary N) is 1. The van der Waals surface area contributed by atoms with E-state index >= 15 is 0 Å². The Morgan fingerprint density at radius 2 is 1.83 bits per heavy atom. The van der Waals surface area contributed by atoms with Crippen molar-refractivity contribution in [3.05, 3.63) is 52.4 Å². The Hall–Kier alpha value is -2.14. The quantitative estimate of drug-likeness (QED) is 0.771. The molecule has 0 aliphatic carbocycles. The van der Waals surface area contributed by atoms with Crippen molar-refractivity contribution in [3.8, 4) is 0 Å². The minimum absolute atomic E-state index is 0.00731. The highest BCUT2D eigenvalue weighted by atomic mass is 35.5. The van der Waals surface area contributed by atoms with Gasteiger partial charge >= 0.3 is 0 Å². The fraction of sp³-hybridized carbons (Fsp3) is 0.353. The van der Waals surface area contributed by atoms with Crippen LogP contribution in [0.4, 0.5) is 5.95 Å². The molecule has 1 atom stereocenters. The van der Waals surface area contributed by atoms with Crippen molar-refractivity contribution in [2.45, 2.75) is 39.7 Å². The molecule has 0 aliphatic rings. The average Bonchev–Trinajstić information content (AvgIpc) is 2.91. The average molecular weight is 330 g/mol. The first-order chi connectivity index (χ1) is 11.0. The molecule has 0 radical (unpaired) electrons. The predicted octanol–water partition coefficient (Wildman–Crippen LogP) is 4.38. The number of hydrogen-bond donors (Lipinski definition) is 1. The second kappa shape index (κ2) is 6.16. The van der Waals surface area contributed by atoms with Crippen molar-refractivity contribution in [2.24, 2.45) is 0 Å². The smallest absolute Gasteiger partial charge is 0.228 e. The largest absolute Gasteiger partial charge is 0.347 e. The molecule has 0 saturated carbocycles. The lowest BCUT2D eigenvalue weighted by Gasteiger charge is -2.17. The standard InChI is InChI=1S/C17H20ClN5/c1-10(2)14-9-19-23-16(14)21-12(4)22-17(23)20-11(3)13-7-5-6-8-15(13)18/h5-11H,1-4H3,(H,20,21,22)/t11-/m0/s1. The van der Waals surface area contributed by atoms with Crippen LogP contribution >= 0.6 is 11.6 Å². The summed E-state index contributed by atoms with van der Waals surface area (Å²) < 4.78 is 1.76. The van der Waals surface area contributed by atoms with E-state index in [0.717, 1.165) is 21.8 Å². The summed E-state index contributed by atoms with van der Waals surface area (Å²) in [6.07, 6.45) is 1.86. The van der Waals surface area contributed by atoms with Gasteiger partial charge in [-0.05, 0) is 31.4 Å². The maximum Gasteiger partial charge on any atom is 0.228 e. The molecule has 2 heterocycles. The first kappa shape index (κ1) is 15.7. The maximum absolute atomic E-state index is 6.29. The molecule has 5 nitrogen and oxygen atoms in total. The molecule has 3 rings (SSSR count). The fourth-order valence-electron chi connectivity index (χ4n) is 2.60. The number of halogens is 1. The van der Waals surface area contributed by atoms with Gasteiger partial charge in [0.1, 0.15) is 5.82 Å². The van der Waals surface area contributed by atoms with E-state index in [1.807, 2.05) is 37.4 Å². The lowest BCUT2D eigenvalue weighted by Crippen LogP contribution is -2.14. The second-order valence-corrected chi connectivity index (χ2v) is 6.38. The van der Waals surface area contributed by atoms with E-state index in [4.69, 9.17) is 11.6 Å². The zero-order valence-electron chi connectivity index (χ0n) is 13.7. The number of benzene rings is 1. The number of aromatic nitrogens is 4. The molecule has 1 aromatic carbocycles. The van der Waals surface area contributed by atoms with E-state index in [-0.39, 0.29) is 6.04 Å². The Labute approximate surface area is 140 Å². The third-order valence-electron chi connectivity index (χ3n) is 3.85. The molecule has 0 fully saturated rings. The Balaban J connectivity index is 2.02. The van der Waals surface area contributed by atoms with Gasteiger partial charge in [0.25, 0.3) is 0 Å². The molecule has 2 aromatic heterocycles. The van der Waals surface area contributed by atoms with Crippen LogP contribution in [0.2, 0.25) is 5.02 Å². The third kappa shape index (κ3) is 3.01. The van der Waals surface area contributed by atoms with Crippen LogP contribution in [-0.2, 0) is 0 Å². The number of anilines is 1. The van der Waals surface area contributed by atoms with Crippen molar-refractivity contribution >= 4 is 23.2 Å². The van der Waals surface area contributed by atoms with Gasteiger partial charge < -0.3 is 5.32 Å². The second-order valence-electron chi connectivity index (χ2n) is 5.97. The molecule has 23 heavy (non-hydrogen) atoms. The van der Waals surface area contributed by atoms with E-state index in [1.54, 1.807) is 4.52 Å². The van der Waals surface area contributed by atoms with Gasteiger partial charge in [-0.25, -0.2) is 4.98 Å². The van der Waals surface area contributed by atoms with Gasteiger partial charge in [-0.2, -0.15) is 14.6 Å². The van der Waals surface area contributed by atoms with Crippen molar-refractivity contribution in [3.63, 3.8) is 0 Å². The summed E-state index contributed by atoms with van der Waals surface area (Å²) >= 11 is 6.29. The lowest BCUT2D eigenvalue weighted by molar-refractivity contribution is 0.803. The number of aryl methyl sites for hydroxylation is 1. The van der Waals surface area contributed by atoms with E-state index in [9.17, 15) is 0 Å². The first-order valence-electron chi connectivity index (χ1n) is 7.70. The predicted molar refractivity (Wildman–Crippen MR) is 93.1 cm³/mol. The Kier molecular flexibility index (Phi) is 4.22. The van der Waals surface area contributed by atoms with Crippen LogP contribution in [0.15, 0.2) is 30.5 Å². The summed E-state index contributed by atoms with van der Waals surface area (Å²) in [4.78, 5) is 9.04. The van der Waals surface area contributed by atoms with E-state index < -0.39 is 0 Å². The van der Waals surface area contributed by atoms with Crippen molar-refractivity contribution < 1.29 is 0 Å². The highest BCUT2D eigenvalue weighted by Gasteiger charge is 2.16. The molecule has 0 unspecified atom stereocenters. The van der Waals surface area contributed by atoms with E-state index in [2.05, 4.69) is 41.2 Å². The number of hydrogen-bond acceptors (Lipinski definition) is 4. The fourth-order valence-corrected chi connectivity index (χ4v) is 2.90.